The van der Waals surface area contributed by atoms with Crippen molar-refractivity contribution >= 4 is 17.5 Å². The summed E-state index contributed by atoms with van der Waals surface area (Å²) in [5, 5.41) is 22.3. The molecule has 0 saturated carbocycles. The van der Waals surface area contributed by atoms with Crippen molar-refractivity contribution in [2.75, 3.05) is 12.9 Å². The number of aliphatic hydroxyl groups excluding tert-OH is 1. The molecule has 2 rings (SSSR count). The summed E-state index contributed by atoms with van der Waals surface area (Å²) in [6.45, 7) is 1.63. The number of halogens is 3. The normalized spacial score (nSPS) is 17.2. The number of rotatable bonds is 2. The number of benzene rings is 1. The molecule has 0 amide bonds. The van der Waals surface area contributed by atoms with E-state index in [4.69, 9.17) is 0 Å². The van der Waals surface area contributed by atoms with Crippen LogP contribution in [-0.2, 0) is 11.0 Å². The van der Waals surface area contributed by atoms with E-state index < -0.39 is 23.6 Å². The van der Waals surface area contributed by atoms with Gasteiger partial charge in [-0.15, -0.1) is 11.8 Å². The second-order valence-corrected chi connectivity index (χ2v) is 5.66. The van der Waals surface area contributed by atoms with Crippen LogP contribution in [0.1, 0.15) is 35.0 Å². The predicted octanol–water partition coefficient (Wildman–Crippen LogP) is 2.84. The van der Waals surface area contributed by atoms with E-state index in [0.29, 0.717) is 22.6 Å². The number of alkyl halides is 3. The van der Waals surface area contributed by atoms with Crippen LogP contribution in [0.25, 0.3) is 0 Å². The van der Waals surface area contributed by atoms with Crippen LogP contribution in [0.2, 0.25) is 0 Å². The Labute approximate surface area is 123 Å². The molecule has 8 heteroatoms. The van der Waals surface area contributed by atoms with Gasteiger partial charge in [0.05, 0.1) is 11.3 Å². The van der Waals surface area contributed by atoms with Gasteiger partial charge in [0, 0.05) is 28.2 Å². The monoisotopic (exact) mass is 321 g/mol. The van der Waals surface area contributed by atoms with Gasteiger partial charge >= 0.3 is 6.18 Å². The molecule has 0 saturated heterocycles. The van der Waals surface area contributed by atoms with Crippen LogP contribution in [0.5, 0.6) is 0 Å². The van der Waals surface area contributed by atoms with Crippen molar-refractivity contribution in [1.82, 2.24) is 0 Å². The van der Waals surface area contributed by atoms with E-state index in [1.165, 1.54) is 18.9 Å². The zero-order valence-electron chi connectivity index (χ0n) is 11.4. The quantitative estimate of drug-likeness (QED) is 0.649. The van der Waals surface area contributed by atoms with Crippen LogP contribution in [0.4, 0.5) is 13.2 Å². The topological polar surface area (TPSA) is 62.0 Å². The molecule has 1 aliphatic rings. The largest absolute Gasteiger partial charge is 0.417 e. The van der Waals surface area contributed by atoms with Crippen molar-refractivity contribution in [2.24, 2.45) is 5.16 Å². The highest BCUT2D eigenvalue weighted by atomic mass is 32.2. The fraction of sp³-hybridized carbons (Fsp3) is 0.462. The van der Waals surface area contributed by atoms with Crippen LogP contribution < -0.4 is 0 Å². The molecule has 0 aliphatic carbocycles. The molecular weight excluding hydrogens is 307 g/mol. The summed E-state index contributed by atoms with van der Waals surface area (Å²) >= 11 is 1.30. The Morgan fingerprint density at radius 3 is 2.57 bits per heavy atom. The molecule has 1 aliphatic heterocycles. The summed E-state index contributed by atoms with van der Waals surface area (Å²) in [7, 11) is 1.26. The number of fused-ring (bicyclic) bond motifs is 1. The first-order valence-corrected chi connectivity index (χ1v) is 7.10. The molecule has 116 valence electrons. The number of aryl methyl sites for hydroxylation is 1. The molecule has 0 bridgehead atoms. The molecule has 1 aromatic carbocycles. The van der Waals surface area contributed by atoms with Crippen molar-refractivity contribution in [2.45, 2.75) is 30.7 Å². The van der Waals surface area contributed by atoms with Crippen molar-refractivity contribution in [3.63, 3.8) is 0 Å². The summed E-state index contributed by atoms with van der Waals surface area (Å²) in [6, 6.07) is 1.16. The Kier molecular flexibility index (Phi) is 4.50. The van der Waals surface area contributed by atoms with Crippen molar-refractivity contribution in [1.29, 1.82) is 0 Å². The molecule has 1 aromatic rings. The lowest BCUT2D eigenvalue weighted by molar-refractivity contribution is -0.142. The van der Waals surface area contributed by atoms with Gasteiger partial charge in [0.1, 0.15) is 7.11 Å². The van der Waals surface area contributed by atoms with E-state index in [1.54, 1.807) is 6.92 Å². The van der Waals surface area contributed by atoms with Gasteiger partial charge in [-0.25, -0.2) is 0 Å². The average Bonchev–Trinajstić information content (AvgIpc) is 2.38. The summed E-state index contributed by atoms with van der Waals surface area (Å²) in [5.74, 6) is 0.592. The minimum atomic E-state index is -4.72. The van der Waals surface area contributed by atoms with Crippen molar-refractivity contribution in [3.05, 3.63) is 28.3 Å². The molecule has 4 nitrogen and oxygen atoms in total. The molecule has 0 unspecified atom stereocenters. The summed E-state index contributed by atoms with van der Waals surface area (Å²) < 4.78 is 40.2. The second-order valence-electron chi connectivity index (χ2n) is 4.55. The average molecular weight is 321 g/mol. The first-order chi connectivity index (χ1) is 9.77. The Morgan fingerprint density at radius 1 is 1.38 bits per heavy atom. The highest BCUT2D eigenvalue weighted by molar-refractivity contribution is 7.99. The Morgan fingerprint density at radius 2 is 2.05 bits per heavy atom. The van der Waals surface area contributed by atoms with Gasteiger partial charge in [-0.05, 0) is 18.6 Å². The zero-order chi connectivity index (χ0) is 15.8. The Bertz CT molecular complexity index is 585. The zero-order valence-corrected chi connectivity index (χ0v) is 12.2. The SMILES string of the molecule is CON=C1CCSc2c(C)cc(C(O)O)c(C(F)(F)F)c21. The summed E-state index contributed by atoms with van der Waals surface area (Å²) in [6.07, 6.45) is -6.61. The lowest BCUT2D eigenvalue weighted by Gasteiger charge is -2.26. The molecule has 2 N–H and O–H groups in total. The Hall–Kier alpha value is -1.25. The van der Waals surface area contributed by atoms with E-state index in [0.717, 1.165) is 6.07 Å². The standard InChI is InChI=1S/C13H14F3NO3S/c1-6-5-7(12(18)19)10(13(14,15)16)9-8(17-20-2)3-4-21-11(6)9/h5,12,18-19H,3-4H2,1-2H3. The number of oxime groups is 1. The van der Waals surface area contributed by atoms with E-state index in [1.807, 2.05) is 0 Å². The molecule has 1 heterocycles. The van der Waals surface area contributed by atoms with Crippen LogP contribution in [0, 0.1) is 6.92 Å². The van der Waals surface area contributed by atoms with Gasteiger partial charge in [0.15, 0.2) is 6.29 Å². The van der Waals surface area contributed by atoms with Gasteiger partial charge < -0.3 is 15.1 Å². The fourth-order valence-electron chi connectivity index (χ4n) is 2.37. The van der Waals surface area contributed by atoms with Gasteiger partial charge in [-0.2, -0.15) is 13.2 Å². The number of hydrogen-bond donors (Lipinski definition) is 2. The fourth-order valence-corrected chi connectivity index (χ4v) is 3.52. The number of nitrogens with zero attached hydrogens (tertiary/aromatic N) is 1. The third-order valence-corrected chi connectivity index (χ3v) is 4.36. The third kappa shape index (κ3) is 3.02. The van der Waals surface area contributed by atoms with Crippen molar-refractivity contribution < 1.29 is 28.2 Å². The summed E-state index contributed by atoms with van der Waals surface area (Å²) in [4.78, 5) is 5.08. The van der Waals surface area contributed by atoms with Gasteiger partial charge in [-0.3, -0.25) is 0 Å². The first-order valence-electron chi connectivity index (χ1n) is 6.11. The van der Waals surface area contributed by atoms with E-state index in [9.17, 15) is 23.4 Å². The minimum absolute atomic E-state index is 0.108. The second kappa shape index (κ2) is 5.86. The molecule has 0 fully saturated rings. The molecule has 0 spiro atoms. The van der Waals surface area contributed by atoms with Crippen LogP contribution in [0.15, 0.2) is 16.1 Å². The molecule has 0 aromatic heterocycles. The Balaban J connectivity index is 2.85. The highest BCUT2D eigenvalue weighted by Gasteiger charge is 2.41. The maximum atomic E-state index is 13.4. The predicted molar refractivity (Wildman–Crippen MR) is 72.2 cm³/mol. The van der Waals surface area contributed by atoms with E-state index in [2.05, 4.69) is 9.99 Å². The van der Waals surface area contributed by atoms with Crippen molar-refractivity contribution in [3.8, 4) is 0 Å². The van der Waals surface area contributed by atoms with Gasteiger partial charge in [-0.1, -0.05) is 5.16 Å². The first kappa shape index (κ1) is 16.1. The number of hydrogen-bond acceptors (Lipinski definition) is 5. The maximum Gasteiger partial charge on any atom is 0.417 e. The minimum Gasteiger partial charge on any atom is -0.399 e. The molecular formula is C13H14F3NO3S. The summed E-state index contributed by atoms with van der Waals surface area (Å²) in [5.41, 5.74) is -1.01. The van der Waals surface area contributed by atoms with Crippen LogP contribution >= 0.6 is 11.8 Å². The third-order valence-electron chi connectivity index (χ3n) is 3.13. The maximum absolute atomic E-state index is 13.4. The lowest BCUT2D eigenvalue weighted by atomic mass is 9.92. The molecule has 0 radical (unpaired) electrons. The van der Waals surface area contributed by atoms with E-state index >= 15 is 0 Å². The molecule has 21 heavy (non-hydrogen) atoms. The van der Waals surface area contributed by atoms with Crippen LogP contribution in [-0.4, -0.2) is 28.8 Å². The van der Waals surface area contributed by atoms with Gasteiger partial charge in [0.2, 0.25) is 0 Å². The van der Waals surface area contributed by atoms with Crippen LogP contribution in [0.3, 0.4) is 0 Å². The highest BCUT2D eigenvalue weighted by Crippen LogP contribution is 2.44. The smallest absolute Gasteiger partial charge is 0.399 e. The number of thioether (sulfide) groups is 1. The lowest BCUT2D eigenvalue weighted by Crippen LogP contribution is -2.23. The number of aliphatic hydroxyl groups is 2. The molecule has 0 atom stereocenters. The van der Waals surface area contributed by atoms with E-state index in [-0.39, 0.29) is 11.3 Å². The van der Waals surface area contributed by atoms with Gasteiger partial charge in [0.25, 0.3) is 0 Å².